The first-order chi connectivity index (χ1) is 12.4. The van der Waals surface area contributed by atoms with E-state index in [2.05, 4.69) is 40.5 Å². The molecule has 1 aromatic carbocycles. The molecule has 4 heteroatoms. The molecule has 1 amide bonds. The van der Waals surface area contributed by atoms with Crippen LogP contribution in [0.2, 0.25) is 0 Å². The molecule has 1 aromatic rings. The van der Waals surface area contributed by atoms with Crippen LogP contribution in [0.25, 0.3) is 0 Å². The maximum absolute atomic E-state index is 12.1. The molecule has 142 valence electrons. The van der Waals surface area contributed by atoms with Crippen molar-refractivity contribution >= 4 is 5.91 Å². The van der Waals surface area contributed by atoms with E-state index in [9.17, 15) is 4.79 Å². The summed E-state index contributed by atoms with van der Waals surface area (Å²) in [4.78, 5) is 14.7. The molecule has 1 aliphatic heterocycles. The van der Waals surface area contributed by atoms with Crippen LogP contribution >= 0.6 is 0 Å². The van der Waals surface area contributed by atoms with Gasteiger partial charge in [0.2, 0.25) is 5.91 Å². The van der Waals surface area contributed by atoms with Crippen LogP contribution in [-0.4, -0.2) is 41.5 Å². The third kappa shape index (κ3) is 2.97. The Balaban J connectivity index is 1.32. The molecule has 0 radical (unpaired) electrons. The van der Waals surface area contributed by atoms with Gasteiger partial charge in [-0.3, -0.25) is 9.69 Å². The van der Waals surface area contributed by atoms with Crippen LogP contribution in [0.3, 0.4) is 0 Å². The van der Waals surface area contributed by atoms with E-state index in [1.807, 2.05) is 13.8 Å². The molecule has 0 bridgehead atoms. The summed E-state index contributed by atoms with van der Waals surface area (Å²) in [6.07, 6.45) is 7.06. The highest BCUT2D eigenvalue weighted by atomic mass is 16.1. The molecule has 3 aliphatic rings. The van der Waals surface area contributed by atoms with E-state index < -0.39 is 5.41 Å². The van der Waals surface area contributed by atoms with Crippen molar-refractivity contribution in [3.05, 3.63) is 35.9 Å². The number of likely N-dealkylation sites (tertiary alicyclic amines) is 1. The minimum absolute atomic E-state index is 0.00401. The Morgan fingerprint density at radius 3 is 2.38 bits per heavy atom. The lowest BCUT2D eigenvalue weighted by Crippen LogP contribution is -2.67. The second-order valence-electron chi connectivity index (χ2n) is 9.16. The molecule has 4 nitrogen and oxygen atoms in total. The fraction of sp³-hybridized carbons (Fsp3) is 0.682. The summed E-state index contributed by atoms with van der Waals surface area (Å²) >= 11 is 0. The Kier molecular flexibility index (Phi) is 4.60. The first-order valence-electron chi connectivity index (χ1n) is 10.3. The Bertz CT molecular complexity index is 645. The highest BCUT2D eigenvalue weighted by molar-refractivity contribution is 5.82. The van der Waals surface area contributed by atoms with Gasteiger partial charge in [-0.1, -0.05) is 30.3 Å². The highest BCUT2D eigenvalue weighted by Crippen LogP contribution is 2.51. The molecule has 3 N–H and O–H groups in total. The predicted molar refractivity (Wildman–Crippen MR) is 105 cm³/mol. The van der Waals surface area contributed by atoms with E-state index >= 15 is 0 Å². The average Bonchev–Trinajstić information content (AvgIpc) is 3.35. The number of nitrogens with one attached hydrogen (secondary N) is 1. The van der Waals surface area contributed by atoms with Gasteiger partial charge in [0.15, 0.2) is 0 Å². The zero-order valence-electron chi connectivity index (χ0n) is 16.2. The standard InChI is InChI=1S/C22H33N3O/c1-21(2,20(23)26)22(11-6-12-22)25-13-9-17(10-14-25)24-19-15-18(19)16-7-4-3-5-8-16/h3-5,7-8,17-19,24H,6,9-15H2,1-2H3,(H2,23,26)/t18-,19+/m0/s1. The molecule has 0 unspecified atom stereocenters. The second-order valence-corrected chi connectivity index (χ2v) is 9.16. The van der Waals surface area contributed by atoms with Crippen molar-refractivity contribution in [2.45, 2.75) is 75.9 Å². The number of hydrogen-bond acceptors (Lipinski definition) is 3. The maximum Gasteiger partial charge on any atom is 0.224 e. The van der Waals surface area contributed by atoms with Crippen molar-refractivity contribution in [1.82, 2.24) is 10.2 Å². The maximum atomic E-state index is 12.1. The van der Waals surface area contributed by atoms with Crippen LogP contribution in [0, 0.1) is 5.41 Å². The summed E-state index contributed by atoms with van der Waals surface area (Å²) in [6, 6.07) is 12.1. The molecular weight excluding hydrogens is 322 g/mol. The summed E-state index contributed by atoms with van der Waals surface area (Å²) in [5, 5.41) is 3.89. The summed E-state index contributed by atoms with van der Waals surface area (Å²) in [7, 11) is 0. The number of rotatable bonds is 6. The van der Waals surface area contributed by atoms with Crippen molar-refractivity contribution < 1.29 is 4.79 Å². The van der Waals surface area contributed by atoms with Gasteiger partial charge in [0.25, 0.3) is 0 Å². The Labute approximate surface area is 157 Å². The lowest BCUT2D eigenvalue weighted by molar-refractivity contribution is -0.146. The van der Waals surface area contributed by atoms with E-state index in [0.29, 0.717) is 18.0 Å². The largest absolute Gasteiger partial charge is 0.369 e. The van der Waals surface area contributed by atoms with Crippen LogP contribution in [-0.2, 0) is 4.79 Å². The van der Waals surface area contributed by atoms with E-state index in [-0.39, 0.29) is 11.4 Å². The van der Waals surface area contributed by atoms with Crippen molar-refractivity contribution in [2.75, 3.05) is 13.1 Å². The van der Waals surface area contributed by atoms with Crippen LogP contribution in [0.4, 0.5) is 0 Å². The number of nitrogens with zero attached hydrogens (tertiary/aromatic N) is 1. The first-order valence-corrected chi connectivity index (χ1v) is 10.3. The number of hydrogen-bond donors (Lipinski definition) is 2. The second kappa shape index (κ2) is 6.65. The third-order valence-electron chi connectivity index (χ3n) is 7.53. The molecule has 2 saturated carbocycles. The molecule has 0 aromatic heterocycles. The monoisotopic (exact) mass is 355 g/mol. The molecule has 1 heterocycles. The van der Waals surface area contributed by atoms with Gasteiger partial charge in [0.1, 0.15) is 0 Å². The van der Waals surface area contributed by atoms with Gasteiger partial charge < -0.3 is 11.1 Å². The smallest absolute Gasteiger partial charge is 0.224 e. The molecule has 2 aliphatic carbocycles. The van der Waals surface area contributed by atoms with Crippen molar-refractivity contribution in [3.8, 4) is 0 Å². The van der Waals surface area contributed by atoms with E-state index in [0.717, 1.165) is 25.9 Å². The van der Waals surface area contributed by atoms with Gasteiger partial charge in [0, 0.05) is 36.6 Å². The molecule has 0 spiro atoms. The van der Waals surface area contributed by atoms with Crippen molar-refractivity contribution in [2.24, 2.45) is 11.1 Å². The zero-order chi connectivity index (χ0) is 18.4. The first kappa shape index (κ1) is 18.0. The summed E-state index contributed by atoms with van der Waals surface area (Å²) in [5.74, 6) is 0.544. The van der Waals surface area contributed by atoms with Crippen LogP contribution in [0.5, 0.6) is 0 Å². The number of primary amides is 1. The SMILES string of the molecule is CC(C)(C(N)=O)C1(N2CCC(N[C@@H]3C[C@H]3c3ccccc3)CC2)CCC1. The summed E-state index contributed by atoms with van der Waals surface area (Å²) in [6.45, 7) is 6.26. The predicted octanol–water partition coefficient (Wildman–Crippen LogP) is 3.03. The Morgan fingerprint density at radius 1 is 1.19 bits per heavy atom. The summed E-state index contributed by atoms with van der Waals surface area (Å²) in [5.41, 5.74) is 6.79. The Hall–Kier alpha value is -1.39. The van der Waals surface area contributed by atoms with Gasteiger partial charge in [-0.2, -0.15) is 0 Å². The van der Waals surface area contributed by atoms with Crippen LogP contribution in [0.1, 0.15) is 63.9 Å². The molecule has 26 heavy (non-hydrogen) atoms. The number of amides is 1. The number of piperidine rings is 1. The third-order valence-corrected chi connectivity index (χ3v) is 7.53. The van der Waals surface area contributed by atoms with E-state index in [4.69, 9.17) is 5.73 Å². The van der Waals surface area contributed by atoms with Gasteiger partial charge in [-0.25, -0.2) is 0 Å². The fourth-order valence-electron chi connectivity index (χ4n) is 5.30. The molecular formula is C22H33N3O. The highest BCUT2D eigenvalue weighted by Gasteiger charge is 2.56. The average molecular weight is 356 g/mol. The van der Waals surface area contributed by atoms with E-state index in [1.54, 1.807) is 0 Å². The minimum atomic E-state index is -0.444. The number of carbonyl (C=O) groups excluding carboxylic acids is 1. The number of carbonyl (C=O) groups is 1. The molecule has 4 rings (SSSR count). The van der Waals surface area contributed by atoms with Crippen molar-refractivity contribution in [1.29, 1.82) is 0 Å². The lowest BCUT2D eigenvalue weighted by atomic mass is 9.58. The quantitative estimate of drug-likeness (QED) is 0.825. The normalized spacial score (nSPS) is 29.2. The number of benzene rings is 1. The topological polar surface area (TPSA) is 58.4 Å². The van der Waals surface area contributed by atoms with Gasteiger partial charge in [-0.15, -0.1) is 0 Å². The molecule has 2 atom stereocenters. The number of nitrogens with two attached hydrogens (primary N) is 1. The van der Waals surface area contributed by atoms with E-state index in [1.165, 1.54) is 31.2 Å². The Morgan fingerprint density at radius 2 is 1.85 bits per heavy atom. The molecule has 3 fully saturated rings. The lowest BCUT2D eigenvalue weighted by Gasteiger charge is -2.59. The molecule has 1 saturated heterocycles. The van der Waals surface area contributed by atoms with Crippen LogP contribution < -0.4 is 11.1 Å². The zero-order valence-corrected chi connectivity index (χ0v) is 16.2. The van der Waals surface area contributed by atoms with Gasteiger partial charge in [-0.05, 0) is 57.9 Å². The summed E-state index contributed by atoms with van der Waals surface area (Å²) < 4.78 is 0. The minimum Gasteiger partial charge on any atom is -0.369 e. The van der Waals surface area contributed by atoms with Gasteiger partial charge in [0.05, 0.1) is 5.41 Å². The van der Waals surface area contributed by atoms with Gasteiger partial charge >= 0.3 is 0 Å². The van der Waals surface area contributed by atoms with Crippen LogP contribution in [0.15, 0.2) is 30.3 Å². The van der Waals surface area contributed by atoms with Crippen molar-refractivity contribution in [3.63, 3.8) is 0 Å². The fourth-order valence-corrected chi connectivity index (χ4v) is 5.30.